The molecule has 1 amide bonds. The first kappa shape index (κ1) is 26.1. The summed E-state index contributed by atoms with van der Waals surface area (Å²) < 4.78 is 47.3. The van der Waals surface area contributed by atoms with E-state index in [0.29, 0.717) is 31.9 Å². The molecule has 0 unspecified atom stereocenters. The van der Waals surface area contributed by atoms with Crippen molar-refractivity contribution in [3.63, 3.8) is 0 Å². The maximum Gasteiger partial charge on any atom is 0.262 e. The SMILES string of the molecule is CCCCCCN(CCN1CCOCC1)C(=O)c1cccc(S(=O)(=O)Nc2ccccc2F)c1. The van der Waals surface area contributed by atoms with E-state index < -0.39 is 15.8 Å². The van der Waals surface area contributed by atoms with Gasteiger partial charge >= 0.3 is 0 Å². The topological polar surface area (TPSA) is 79.0 Å². The van der Waals surface area contributed by atoms with Crippen LogP contribution in [0, 0.1) is 5.82 Å². The number of hydrogen-bond acceptors (Lipinski definition) is 5. The fourth-order valence-electron chi connectivity index (χ4n) is 3.86. The third-order valence-corrected chi connectivity index (χ3v) is 7.23. The molecule has 7 nitrogen and oxygen atoms in total. The van der Waals surface area contributed by atoms with Crippen molar-refractivity contribution in [1.29, 1.82) is 0 Å². The minimum Gasteiger partial charge on any atom is -0.379 e. The summed E-state index contributed by atoms with van der Waals surface area (Å²) in [5.41, 5.74) is 0.163. The molecule has 1 fully saturated rings. The molecule has 0 radical (unpaired) electrons. The van der Waals surface area contributed by atoms with Crippen molar-refractivity contribution in [3.8, 4) is 0 Å². The van der Waals surface area contributed by atoms with E-state index in [1.54, 1.807) is 23.1 Å². The molecule has 3 rings (SSSR count). The van der Waals surface area contributed by atoms with Crippen LogP contribution in [-0.2, 0) is 14.8 Å². The van der Waals surface area contributed by atoms with Crippen molar-refractivity contribution in [3.05, 3.63) is 59.9 Å². The molecule has 2 aromatic carbocycles. The Kier molecular flexibility index (Phi) is 9.86. The quantitative estimate of drug-likeness (QED) is 0.455. The molecule has 0 bridgehead atoms. The van der Waals surface area contributed by atoms with E-state index in [1.807, 2.05) is 0 Å². The number of anilines is 1. The van der Waals surface area contributed by atoms with Crippen LogP contribution < -0.4 is 4.72 Å². The minimum atomic E-state index is -4.05. The Morgan fingerprint density at radius 3 is 2.56 bits per heavy atom. The number of benzene rings is 2. The summed E-state index contributed by atoms with van der Waals surface area (Å²) in [7, 11) is -4.05. The third-order valence-electron chi connectivity index (χ3n) is 5.87. The normalized spacial score (nSPS) is 14.6. The summed E-state index contributed by atoms with van der Waals surface area (Å²) in [6.07, 6.45) is 4.16. The smallest absolute Gasteiger partial charge is 0.262 e. The van der Waals surface area contributed by atoms with Gasteiger partial charge in [0.05, 0.1) is 23.8 Å². The number of unbranched alkanes of at least 4 members (excludes halogenated alkanes) is 3. The Bertz CT molecular complexity index is 1040. The van der Waals surface area contributed by atoms with E-state index in [0.717, 1.165) is 45.3 Å². The lowest BCUT2D eigenvalue weighted by Gasteiger charge is -2.30. The molecule has 2 aromatic rings. The number of rotatable bonds is 12. The number of ether oxygens (including phenoxy) is 1. The highest BCUT2D eigenvalue weighted by Crippen LogP contribution is 2.20. The van der Waals surface area contributed by atoms with Crippen LogP contribution in [-0.4, -0.2) is 70.1 Å². The molecule has 34 heavy (non-hydrogen) atoms. The molecule has 0 aliphatic carbocycles. The van der Waals surface area contributed by atoms with Gasteiger partial charge in [0.25, 0.3) is 15.9 Å². The van der Waals surface area contributed by atoms with E-state index in [-0.39, 0.29) is 16.5 Å². The highest BCUT2D eigenvalue weighted by molar-refractivity contribution is 7.92. The zero-order chi connectivity index (χ0) is 24.4. The Hall–Kier alpha value is -2.49. The number of halogens is 1. The zero-order valence-corrected chi connectivity index (χ0v) is 20.5. The lowest BCUT2D eigenvalue weighted by atomic mass is 10.1. The summed E-state index contributed by atoms with van der Waals surface area (Å²) in [5.74, 6) is -0.868. The molecule has 1 aliphatic heterocycles. The van der Waals surface area contributed by atoms with Gasteiger partial charge in [-0.2, -0.15) is 0 Å². The summed E-state index contributed by atoms with van der Waals surface area (Å²) in [5, 5.41) is 0. The predicted molar refractivity (Wildman–Crippen MR) is 131 cm³/mol. The van der Waals surface area contributed by atoms with Crippen molar-refractivity contribution in [1.82, 2.24) is 9.80 Å². The summed E-state index contributed by atoms with van der Waals surface area (Å²) in [6.45, 7) is 7.14. The third kappa shape index (κ3) is 7.51. The van der Waals surface area contributed by atoms with Crippen molar-refractivity contribution in [2.45, 2.75) is 37.5 Å². The minimum absolute atomic E-state index is 0.0827. The van der Waals surface area contributed by atoms with Crippen molar-refractivity contribution in [2.75, 3.05) is 50.7 Å². The Morgan fingerprint density at radius 1 is 1.06 bits per heavy atom. The molecule has 1 aliphatic rings. The number of hydrogen-bond donors (Lipinski definition) is 1. The van der Waals surface area contributed by atoms with E-state index in [9.17, 15) is 17.6 Å². The molecule has 1 N–H and O–H groups in total. The average Bonchev–Trinajstić information content (AvgIpc) is 2.85. The van der Waals surface area contributed by atoms with Crippen molar-refractivity contribution in [2.24, 2.45) is 0 Å². The van der Waals surface area contributed by atoms with E-state index in [2.05, 4.69) is 16.5 Å². The molecule has 9 heteroatoms. The van der Waals surface area contributed by atoms with Crippen LogP contribution in [0.2, 0.25) is 0 Å². The molecule has 1 heterocycles. The van der Waals surface area contributed by atoms with Gasteiger partial charge in [0.1, 0.15) is 5.82 Å². The second-order valence-corrected chi connectivity index (χ2v) is 10.1. The summed E-state index contributed by atoms with van der Waals surface area (Å²) in [6, 6.07) is 11.5. The molecule has 0 saturated carbocycles. The zero-order valence-electron chi connectivity index (χ0n) is 19.7. The molecule has 0 aromatic heterocycles. The number of nitrogens with one attached hydrogen (secondary N) is 1. The van der Waals surface area contributed by atoms with Gasteiger partial charge in [0.2, 0.25) is 0 Å². The first-order valence-electron chi connectivity index (χ1n) is 11.9. The number of para-hydroxylation sites is 1. The van der Waals surface area contributed by atoms with E-state index >= 15 is 0 Å². The molecule has 1 saturated heterocycles. The second kappa shape index (κ2) is 12.8. The van der Waals surface area contributed by atoms with Crippen LogP contribution in [0.1, 0.15) is 43.0 Å². The molecule has 0 atom stereocenters. The molecule has 186 valence electrons. The maximum atomic E-state index is 14.0. The van der Waals surface area contributed by atoms with Crippen LogP contribution in [0.5, 0.6) is 0 Å². The average molecular weight is 492 g/mol. The van der Waals surface area contributed by atoms with Gasteiger partial charge in [-0.25, -0.2) is 12.8 Å². The van der Waals surface area contributed by atoms with Crippen LogP contribution in [0.25, 0.3) is 0 Å². The Morgan fingerprint density at radius 2 is 1.82 bits per heavy atom. The summed E-state index contributed by atoms with van der Waals surface area (Å²) >= 11 is 0. The predicted octanol–water partition coefficient (Wildman–Crippen LogP) is 3.98. The van der Waals surface area contributed by atoms with Gasteiger partial charge < -0.3 is 9.64 Å². The number of amides is 1. The standard InChI is InChI=1S/C25H34FN3O4S/c1-2-3-4-7-13-29(15-14-28-16-18-33-19-17-28)25(30)21-9-8-10-22(20-21)34(31,32)27-24-12-6-5-11-23(24)26/h5-6,8-12,20,27H,2-4,7,13-19H2,1H3. The van der Waals surface area contributed by atoms with Crippen LogP contribution in [0.15, 0.2) is 53.4 Å². The largest absolute Gasteiger partial charge is 0.379 e. The maximum absolute atomic E-state index is 14.0. The van der Waals surface area contributed by atoms with Crippen LogP contribution >= 0.6 is 0 Å². The molecular formula is C25H34FN3O4S. The van der Waals surface area contributed by atoms with Gasteiger partial charge in [-0.1, -0.05) is 44.4 Å². The fourth-order valence-corrected chi connectivity index (χ4v) is 4.97. The van der Waals surface area contributed by atoms with E-state index in [1.165, 1.54) is 30.3 Å². The van der Waals surface area contributed by atoms with Crippen molar-refractivity contribution < 1.29 is 22.3 Å². The highest BCUT2D eigenvalue weighted by atomic mass is 32.2. The highest BCUT2D eigenvalue weighted by Gasteiger charge is 2.21. The van der Waals surface area contributed by atoms with Gasteiger partial charge in [0.15, 0.2) is 0 Å². The van der Waals surface area contributed by atoms with Gasteiger partial charge in [-0.3, -0.25) is 14.4 Å². The number of carbonyl (C=O) groups is 1. The first-order chi connectivity index (χ1) is 16.4. The second-order valence-electron chi connectivity index (χ2n) is 8.42. The Balaban J connectivity index is 1.74. The first-order valence-corrected chi connectivity index (χ1v) is 13.4. The van der Waals surface area contributed by atoms with Gasteiger partial charge in [-0.15, -0.1) is 0 Å². The van der Waals surface area contributed by atoms with Crippen molar-refractivity contribution >= 4 is 21.6 Å². The number of nitrogens with zero attached hydrogens (tertiary/aromatic N) is 2. The van der Waals surface area contributed by atoms with Crippen LogP contribution in [0.3, 0.4) is 0 Å². The lowest BCUT2D eigenvalue weighted by molar-refractivity contribution is 0.0324. The summed E-state index contributed by atoms with van der Waals surface area (Å²) in [4.78, 5) is 17.4. The number of sulfonamides is 1. The number of morpholine rings is 1. The van der Waals surface area contributed by atoms with Crippen LogP contribution in [0.4, 0.5) is 10.1 Å². The monoisotopic (exact) mass is 491 g/mol. The lowest BCUT2D eigenvalue weighted by Crippen LogP contribution is -2.43. The molecule has 0 spiro atoms. The Labute approximate surface area is 201 Å². The van der Waals surface area contributed by atoms with Gasteiger partial charge in [-0.05, 0) is 36.8 Å². The van der Waals surface area contributed by atoms with Gasteiger partial charge in [0, 0.05) is 38.3 Å². The number of carbonyl (C=O) groups excluding carboxylic acids is 1. The fraction of sp³-hybridized carbons (Fsp3) is 0.480. The van der Waals surface area contributed by atoms with E-state index in [4.69, 9.17) is 4.74 Å². The molecular weight excluding hydrogens is 457 g/mol.